The molecule has 0 aliphatic carbocycles. The molecule has 72 valence electrons. The maximum absolute atomic E-state index is 12.7. The minimum atomic E-state index is -0.423. The second kappa shape index (κ2) is 5.07. The highest BCUT2D eigenvalue weighted by molar-refractivity contribution is 7.98. The van der Waals surface area contributed by atoms with E-state index in [2.05, 4.69) is 4.98 Å². The van der Waals surface area contributed by atoms with Gasteiger partial charge >= 0.3 is 0 Å². The maximum atomic E-state index is 12.7. The molecule has 0 aliphatic heterocycles. The average molecular weight is 200 g/mol. The highest BCUT2D eigenvalue weighted by Gasteiger charge is 2.01. The Hall–Kier alpha value is -0.770. The highest BCUT2D eigenvalue weighted by atomic mass is 32.2. The van der Waals surface area contributed by atoms with Gasteiger partial charge < -0.3 is 4.90 Å². The zero-order chi connectivity index (χ0) is 9.68. The molecule has 0 radical (unpaired) electrons. The number of pyridine rings is 1. The van der Waals surface area contributed by atoms with Gasteiger partial charge in [-0.05, 0) is 18.4 Å². The van der Waals surface area contributed by atoms with Crippen molar-refractivity contribution in [1.29, 1.82) is 0 Å². The van der Waals surface area contributed by atoms with E-state index in [0.717, 1.165) is 12.3 Å². The minimum absolute atomic E-state index is 0.423. The van der Waals surface area contributed by atoms with Crippen molar-refractivity contribution in [2.45, 2.75) is 0 Å². The van der Waals surface area contributed by atoms with Gasteiger partial charge in [-0.3, -0.25) is 0 Å². The summed E-state index contributed by atoms with van der Waals surface area (Å²) in [6.07, 6.45) is 2.05. The molecule has 1 aromatic rings. The van der Waals surface area contributed by atoms with Crippen molar-refractivity contribution in [2.75, 3.05) is 30.5 Å². The molecule has 0 atom stereocenters. The molecule has 0 spiro atoms. The van der Waals surface area contributed by atoms with Gasteiger partial charge in [0.25, 0.3) is 0 Å². The normalized spacial score (nSPS) is 10.1. The first-order valence-electron chi connectivity index (χ1n) is 4.06. The third kappa shape index (κ3) is 3.22. The van der Waals surface area contributed by atoms with Crippen LogP contribution in [0.25, 0.3) is 0 Å². The Bertz CT molecular complexity index is 268. The molecule has 0 aliphatic rings. The SMILES string of the molecule is CSCCN(C)c1cccc(F)n1. The smallest absolute Gasteiger partial charge is 0.214 e. The summed E-state index contributed by atoms with van der Waals surface area (Å²) in [6.45, 7) is 0.887. The second-order valence-electron chi connectivity index (χ2n) is 2.73. The molecule has 13 heavy (non-hydrogen) atoms. The summed E-state index contributed by atoms with van der Waals surface area (Å²) in [7, 11) is 1.91. The predicted octanol–water partition coefficient (Wildman–Crippen LogP) is 2.02. The Morgan fingerprint density at radius 1 is 1.54 bits per heavy atom. The molecule has 0 unspecified atom stereocenters. The minimum Gasteiger partial charge on any atom is -0.359 e. The van der Waals surface area contributed by atoms with Gasteiger partial charge in [0, 0.05) is 19.3 Å². The Morgan fingerprint density at radius 2 is 2.31 bits per heavy atom. The van der Waals surface area contributed by atoms with Crippen LogP contribution >= 0.6 is 11.8 Å². The van der Waals surface area contributed by atoms with Crippen LogP contribution in [0.1, 0.15) is 0 Å². The lowest BCUT2D eigenvalue weighted by Crippen LogP contribution is -2.21. The first kappa shape index (κ1) is 10.3. The predicted molar refractivity (Wildman–Crippen MR) is 55.8 cm³/mol. The number of aromatic nitrogens is 1. The average Bonchev–Trinajstić information content (AvgIpc) is 2.14. The number of hydrogen-bond acceptors (Lipinski definition) is 3. The van der Waals surface area contributed by atoms with E-state index in [4.69, 9.17) is 0 Å². The maximum Gasteiger partial charge on any atom is 0.214 e. The van der Waals surface area contributed by atoms with Gasteiger partial charge in [0.05, 0.1) is 0 Å². The van der Waals surface area contributed by atoms with E-state index < -0.39 is 5.95 Å². The highest BCUT2D eigenvalue weighted by Crippen LogP contribution is 2.09. The number of thioether (sulfide) groups is 1. The van der Waals surface area contributed by atoms with E-state index in [1.807, 2.05) is 24.3 Å². The van der Waals surface area contributed by atoms with Crippen molar-refractivity contribution in [3.05, 3.63) is 24.1 Å². The van der Waals surface area contributed by atoms with Crippen molar-refractivity contribution in [1.82, 2.24) is 4.98 Å². The van der Waals surface area contributed by atoms with E-state index >= 15 is 0 Å². The quantitative estimate of drug-likeness (QED) is 0.692. The molecule has 1 aromatic heterocycles. The Morgan fingerprint density at radius 3 is 2.92 bits per heavy atom. The molecule has 0 saturated heterocycles. The Labute approximate surface area is 82.2 Å². The van der Waals surface area contributed by atoms with Crippen molar-refractivity contribution in [2.24, 2.45) is 0 Å². The molecule has 0 aromatic carbocycles. The fraction of sp³-hybridized carbons (Fsp3) is 0.444. The third-order valence-corrected chi connectivity index (χ3v) is 2.31. The zero-order valence-electron chi connectivity index (χ0n) is 7.83. The standard InChI is InChI=1S/C9H13FN2S/c1-12(6-7-13-2)9-5-3-4-8(10)11-9/h3-5H,6-7H2,1-2H3. The molecule has 0 bridgehead atoms. The lowest BCUT2D eigenvalue weighted by molar-refractivity contribution is 0.582. The lowest BCUT2D eigenvalue weighted by atomic mass is 10.4. The molecule has 1 heterocycles. The van der Waals surface area contributed by atoms with Gasteiger partial charge in [0.1, 0.15) is 5.82 Å². The summed E-state index contributed by atoms with van der Waals surface area (Å²) in [5, 5.41) is 0. The van der Waals surface area contributed by atoms with Crippen LogP contribution < -0.4 is 4.90 Å². The van der Waals surface area contributed by atoms with E-state index in [-0.39, 0.29) is 0 Å². The van der Waals surface area contributed by atoms with Crippen molar-refractivity contribution >= 4 is 17.6 Å². The van der Waals surface area contributed by atoms with E-state index in [1.165, 1.54) is 6.07 Å². The molecular weight excluding hydrogens is 187 g/mol. The van der Waals surface area contributed by atoms with E-state index in [0.29, 0.717) is 5.82 Å². The molecule has 4 heteroatoms. The van der Waals surface area contributed by atoms with Crippen LogP contribution in [0.4, 0.5) is 10.2 Å². The van der Waals surface area contributed by atoms with Crippen LogP contribution in [-0.2, 0) is 0 Å². The summed E-state index contributed by atoms with van der Waals surface area (Å²) in [6, 6.07) is 4.84. The molecule has 0 amide bonds. The van der Waals surface area contributed by atoms with Crippen molar-refractivity contribution in [3.8, 4) is 0 Å². The van der Waals surface area contributed by atoms with Gasteiger partial charge in [-0.25, -0.2) is 4.98 Å². The van der Waals surface area contributed by atoms with Crippen molar-refractivity contribution in [3.63, 3.8) is 0 Å². The van der Waals surface area contributed by atoms with Crippen LogP contribution in [0, 0.1) is 5.95 Å². The molecular formula is C9H13FN2S. The summed E-state index contributed by atoms with van der Waals surface area (Å²) < 4.78 is 12.7. The van der Waals surface area contributed by atoms with Crippen molar-refractivity contribution < 1.29 is 4.39 Å². The number of rotatable bonds is 4. The third-order valence-electron chi connectivity index (χ3n) is 1.72. The van der Waals surface area contributed by atoms with Crippen LogP contribution in [0.2, 0.25) is 0 Å². The number of anilines is 1. The molecule has 1 rings (SSSR count). The zero-order valence-corrected chi connectivity index (χ0v) is 8.64. The van der Waals surface area contributed by atoms with Crippen LogP contribution in [0.3, 0.4) is 0 Å². The van der Waals surface area contributed by atoms with Gasteiger partial charge in [0.15, 0.2) is 0 Å². The fourth-order valence-electron chi connectivity index (χ4n) is 0.953. The van der Waals surface area contributed by atoms with Gasteiger partial charge in [-0.1, -0.05) is 6.07 Å². The topological polar surface area (TPSA) is 16.1 Å². The molecule has 0 saturated carbocycles. The van der Waals surface area contributed by atoms with Crippen LogP contribution in [0.5, 0.6) is 0 Å². The second-order valence-corrected chi connectivity index (χ2v) is 3.72. The molecule has 2 nitrogen and oxygen atoms in total. The number of halogens is 1. The number of nitrogens with zero attached hydrogens (tertiary/aromatic N) is 2. The van der Waals surface area contributed by atoms with Gasteiger partial charge in [-0.15, -0.1) is 0 Å². The summed E-state index contributed by atoms with van der Waals surface area (Å²) in [4.78, 5) is 5.72. The number of hydrogen-bond donors (Lipinski definition) is 0. The summed E-state index contributed by atoms with van der Waals surface area (Å²) >= 11 is 1.77. The Balaban J connectivity index is 2.60. The Kier molecular flexibility index (Phi) is 4.02. The van der Waals surface area contributed by atoms with Crippen LogP contribution in [-0.4, -0.2) is 30.6 Å². The molecule has 0 fully saturated rings. The monoisotopic (exact) mass is 200 g/mol. The van der Waals surface area contributed by atoms with E-state index in [9.17, 15) is 4.39 Å². The first-order chi connectivity index (χ1) is 6.24. The van der Waals surface area contributed by atoms with Gasteiger partial charge in [0.2, 0.25) is 5.95 Å². The largest absolute Gasteiger partial charge is 0.359 e. The first-order valence-corrected chi connectivity index (χ1v) is 5.46. The fourth-order valence-corrected chi connectivity index (χ4v) is 1.41. The van der Waals surface area contributed by atoms with Gasteiger partial charge in [-0.2, -0.15) is 16.2 Å². The summed E-state index contributed by atoms with van der Waals surface area (Å²) in [5.41, 5.74) is 0. The van der Waals surface area contributed by atoms with Crippen LogP contribution in [0.15, 0.2) is 18.2 Å². The summed E-state index contributed by atoms with van der Waals surface area (Å²) in [5.74, 6) is 1.29. The lowest BCUT2D eigenvalue weighted by Gasteiger charge is -2.16. The van der Waals surface area contributed by atoms with E-state index in [1.54, 1.807) is 17.8 Å². The molecule has 0 N–H and O–H groups in total.